The van der Waals surface area contributed by atoms with Crippen LogP contribution in [0, 0.1) is 0 Å². The van der Waals surface area contributed by atoms with E-state index >= 15 is 0 Å². The molecule has 1 fully saturated rings. The molecule has 0 radical (unpaired) electrons. The largest absolute Gasteiger partial charge is 0.434 e. The number of nitrogens with zero attached hydrogens (tertiary/aromatic N) is 3. The number of H-pyrrole nitrogens is 1. The number of carbonyl (C=O) groups excluding carboxylic acids is 1. The summed E-state index contributed by atoms with van der Waals surface area (Å²) in [4.78, 5) is 16.4. The number of aromatic nitrogens is 4. The Hall–Kier alpha value is -3.50. The molecule has 3 aromatic rings. The molecule has 0 spiro atoms. The number of aromatic amines is 1. The third kappa shape index (κ3) is 4.41. The van der Waals surface area contributed by atoms with Crippen LogP contribution in [0.3, 0.4) is 0 Å². The van der Waals surface area contributed by atoms with Crippen LogP contribution >= 0.6 is 0 Å². The number of nitrogen functional groups attached to an aromatic ring is 1. The van der Waals surface area contributed by atoms with Crippen molar-refractivity contribution in [1.82, 2.24) is 24.9 Å². The fourth-order valence-corrected chi connectivity index (χ4v) is 4.04. The summed E-state index contributed by atoms with van der Waals surface area (Å²) in [5.41, 5.74) is 6.17. The summed E-state index contributed by atoms with van der Waals surface area (Å²) in [5, 5.41) is 12.9. The fourth-order valence-electron chi connectivity index (χ4n) is 4.04. The Morgan fingerprint density at radius 2 is 1.97 bits per heavy atom. The van der Waals surface area contributed by atoms with E-state index in [1.54, 1.807) is 31.2 Å². The molecule has 1 amide bonds. The molecule has 3 aromatic heterocycles. The fraction of sp³-hybridized carbons (Fsp3) is 0.381. The van der Waals surface area contributed by atoms with Gasteiger partial charge in [0.05, 0.1) is 6.20 Å². The number of hydrogen-bond acceptors (Lipinski definition) is 5. The number of carbonyl (C=O) groups is 1. The smallest absolute Gasteiger partial charge is 0.384 e. The van der Waals surface area contributed by atoms with Crippen LogP contribution in [-0.4, -0.2) is 37.6 Å². The van der Waals surface area contributed by atoms with Gasteiger partial charge in [0.25, 0.3) is 5.91 Å². The summed E-state index contributed by atoms with van der Waals surface area (Å²) in [6.07, 6.45) is 2.75. The van der Waals surface area contributed by atoms with Crippen molar-refractivity contribution in [2.24, 2.45) is 0 Å². The zero-order chi connectivity index (χ0) is 22.9. The van der Waals surface area contributed by atoms with Crippen LogP contribution in [0.25, 0.3) is 11.2 Å². The number of halogens is 3. The van der Waals surface area contributed by atoms with Crippen molar-refractivity contribution in [3.63, 3.8) is 0 Å². The van der Waals surface area contributed by atoms with Gasteiger partial charge in [-0.05, 0) is 44.7 Å². The minimum absolute atomic E-state index is 0.00416. The molecule has 32 heavy (non-hydrogen) atoms. The average molecular weight is 447 g/mol. The lowest BCUT2D eigenvalue weighted by Crippen LogP contribution is -2.40. The third-order valence-electron chi connectivity index (χ3n) is 5.69. The SMILES string of the molecule is C/C=C(/C(=O)N[C@H]1CC[C@@H](Nc2cccc3nc(C(F)(F)F)cn23)CC1)c1cn[nH]c1N. The third-order valence-corrected chi connectivity index (χ3v) is 5.69. The van der Waals surface area contributed by atoms with E-state index in [1.807, 2.05) is 0 Å². The maximum atomic E-state index is 13.0. The van der Waals surface area contributed by atoms with Crippen LogP contribution in [0.5, 0.6) is 0 Å². The summed E-state index contributed by atoms with van der Waals surface area (Å²) in [6.45, 7) is 1.77. The van der Waals surface area contributed by atoms with Crippen LogP contribution in [0.15, 0.2) is 36.7 Å². The van der Waals surface area contributed by atoms with Crippen molar-refractivity contribution in [3.05, 3.63) is 47.9 Å². The zero-order valence-corrected chi connectivity index (χ0v) is 17.4. The molecule has 0 aliphatic heterocycles. The summed E-state index contributed by atoms with van der Waals surface area (Å²) < 4.78 is 40.5. The Morgan fingerprint density at radius 3 is 2.59 bits per heavy atom. The highest BCUT2D eigenvalue weighted by Crippen LogP contribution is 2.30. The molecule has 0 aromatic carbocycles. The number of alkyl halides is 3. The molecule has 0 bridgehead atoms. The number of fused-ring (bicyclic) bond motifs is 1. The number of allylic oxidation sites excluding steroid dienone is 1. The first kappa shape index (κ1) is 21.7. The number of imidazole rings is 1. The van der Waals surface area contributed by atoms with E-state index < -0.39 is 11.9 Å². The number of amides is 1. The normalized spacial score (nSPS) is 19.8. The molecule has 3 heterocycles. The topological polar surface area (TPSA) is 113 Å². The number of hydrogen-bond donors (Lipinski definition) is 4. The van der Waals surface area contributed by atoms with Gasteiger partial charge >= 0.3 is 6.18 Å². The van der Waals surface area contributed by atoms with E-state index in [1.165, 1.54) is 10.6 Å². The van der Waals surface area contributed by atoms with Crippen molar-refractivity contribution in [1.29, 1.82) is 0 Å². The lowest BCUT2D eigenvalue weighted by molar-refractivity contribution is -0.140. The van der Waals surface area contributed by atoms with Gasteiger partial charge in [0.1, 0.15) is 17.3 Å². The monoisotopic (exact) mass is 447 g/mol. The average Bonchev–Trinajstić information content (AvgIpc) is 3.37. The summed E-state index contributed by atoms with van der Waals surface area (Å²) in [5.74, 6) is 0.688. The lowest BCUT2D eigenvalue weighted by atomic mass is 9.90. The molecule has 1 aliphatic carbocycles. The second-order valence-electron chi connectivity index (χ2n) is 7.83. The van der Waals surface area contributed by atoms with Gasteiger partial charge in [-0.2, -0.15) is 18.3 Å². The van der Waals surface area contributed by atoms with Crippen LogP contribution in [0.4, 0.5) is 24.8 Å². The van der Waals surface area contributed by atoms with Crippen molar-refractivity contribution < 1.29 is 18.0 Å². The van der Waals surface area contributed by atoms with Gasteiger partial charge in [-0.1, -0.05) is 12.1 Å². The first-order valence-corrected chi connectivity index (χ1v) is 10.3. The van der Waals surface area contributed by atoms with Crippen LogP contribution in [-0.2, 0) is 11.0 Å². The molecule has 8 nitrogen and oxygen atoms in total. The number of pyridine rings is 1. The molecule has 1 saturated carbocycles. The molecule has 170 valence electrons. The number of anilines is 2. The van der Waals surface area contributed by atoms with E-state index in [0.29, 0.717) is 22.8 Å². The van der Waals surface area contributed by atoms with Crippen molar-refractivity contribution in [2.45, 2.75) is 50.9 Å². The zero-order valence-electron chi connectivity index (χ0n) is 17.4. The molecule has 0 saturated heterocycles. The molecular weight excluding hydrogens is 423 g/mol. The Morgan fingerprint density at radius 1 is 1.25 bits per heavy atom. The summed E-state index contributed by atoms with van der Waals surface area (Å²) in [6, 6.07) is 5.03. The molecule has 4 rings (SSSR count). The Labute approximate surface area is 182 Å². The van der Waals surface area contributed by atoms with Crippen molar-refractivity contribution in [2.75, 3.05) is 11.1 Å². The Balaban J connectivity index is 1.37. The number of rotatable bonds is 5. The molecule has 11 heteroatoms. The van der Waals surface area contributed by atoms with Crippen molar-refractivity contribution in [3.8, 4) is 0 Å². The minimum atomic E-state index is -4.49. The van der Waals surface area contributed by atoms with E-state index in [-0.39, 0.29) is 23.6 Å². The maximum Gasteiger partial charge on any atom is 0.434 e. The second kappa shape index (κ2) is 8.56. The standard InChI is InChI=1S/C21H24F3N7O/c1-2-14(15-10-26-30-19(15)25)20(32)28-13-8-6-12(7-9-13)27-17-4-3-5-18-29-16(11-31(17)18)21(22,23)24/h2-5,10-13,27H,6-9H2,1H3,(H,28,32)(H3,25,26,30)/b14-2+/t12-,13+. The van der Waals surface area contributed by atoms with Gasteiger partial charge in [-0.25, -0.2) is 4.98 Å². The van der Waals surface area contributed by atoms with Crippen LogP contribution < -0.4 is 16.4 Å². The molecular formula is C21H24F3N7O. The first-order valence-electron chi connectivity index (χ1n) is 10.3. The van der Waals surface area contributed by atoms with Crippen molar-refractivity contribution >= 4 is 28.8 Å². The van der Waals surface area contributed by atoms with Gasteiger partial charge in [-0.15, -0.1) is 0 Å². The second-order valence-corrected chi connectivity index (χ2v) is 7.83. The van der Waals surface area contributed by atoms with Gasteiger partial charge in [0.15, 0.2) is 5.69 Å². The molecule has 0 unspecified atom stereocenters. The van der Waals surface area contributed by atoms with E-state index in [0.717, 1.165) is 31.9 Å². The predicted octanol–water partition coefficient (Wildman–Crippen LogP) is 3.60. The molecule has 5 N–H and O–H groups in total. The Bertz CT molecular complexity index is 1140. The van der Waals surface area contributed by atoms with E-state index in [2.05, 4.69) is 25.8 Å². The highest BCUT2D eigenvalue weighted by atomic mass is 19.4. The van der Waals surface area contributed by atoms with Crippen LogP contribution in [0.2, 0.25) is 0 Å². The molecule has 0 atom stereocenters. The minimum Gasteiger partial charge on any atom is -0.384 e. The lowest BCUT2D eigenvalue weighted by Gasteiger charge is -2.30. The van der Waals surface area contributed by atoms with Crippen LogP contribution in [0.1, 0.15) is 43.9 Å². The van der Waals surface area contributed by atoms with Gasteiger partial charge in [-0.3, -0.25) is 14.3 Å². The maximum absolute atomic E-state index is 13.0. The van der Waals surface area contributed by atoms with Gasteiger partial charge in [0, 0.05) is 29.4 Å². The summed E-state index contributed by atoms with van der Waals surface area (Å²) >= 11 is 0. The summed E-state index contributed by atoms with van der Waals surface area (Å²) in [7, 11) is 0. The van der Waals surface area contributed by atoms with E-state index in [4.69, 9.17) is 5.73 Å². The van der Waals surface area contributed by atoms with Gasteiger partial charge < -0.3 is 16.4 Å². The highest BCUT2D eigenvalue weighted by Gasteiger charge is 2.34. The number of nitrogens with two attached hydrogens (primary N) is 1. The first-order chi connectivity index (χ1) is 15.3. The quantitative estimate of drug-likeness (QED) is 0.447. The van der Waals surface area contributed by atoms with Gasteiger partial charge in [0.2, 0.25) is 0 Å². The Kier molecular flexibility index (Phi) is 5.81. The molecule has 1 aliphatic rings. The number of nitrogens with one attached hydrogen (secondary N) is 3. The van der Waals surface area contributed by atoms with E-state index in [9.17, 15) is 18.0 Å². The highest BCUT2D eigenvalue weighted by molar-refractivity contribution is 6.20. The predicted molar refractivity (Wildman–Crippen MR) is 115 cm³/mol.